The number of benzene rings is 3. The number of aryl methyl sites for hydroxylation is 1. The molecule has 0 radical (unpaired) electrons. The van der Waals surface area contributed by atoms with Crippen molar-refractivity contribution in [2.45, 2.75) is 6.92 Å². The Hall–Kier alpha value is -3.80. The number of ether oxygens (including phenoxy) is 2. The number of carbonyl (C=O) groups excluding carboxylic acids is 1. The van der Waals surface area contributed by atoms with Crippen LogP contribution in [0.15, 0.2) is 65.2 Å². The van der Waals surface area contributed by atoms with E-state index in [2.05, 4.69) is 10.5 Å². The van der Waals surface area contributed by atoms with Gasteiger partial charge in [-0.05, 0) is 37.3 Å². The molecule has 6 nitrogen and oxygen atoms in total. The molecule has 146 valence electrons. The summed E-state index contributed by atoms with van der Waals surface area (Å²) in [6, 6.07) is 18.5. The molecule has 4 aromatic rings. The molecule has 0 aliphatic heterocycles. The van der Waals surface area contributed by atoms with Crippen LogP contribution >= 0.6 is 0 Å². The summed E-state index contributed by atoms with van der Waals surface area (Å²) in [6.45, 7) is 2.03. The van der Waals surface area contributed by atoms with Crippen molar-refractivity contribution in [1.29, 1.82) is 0 Å². The van der Waals surface area contributed by atoms with E-state index in [4.69, 9.17) is 14.0 Å². The lowest BCUT2D eigenvalue weighted by molar-refractivity contribution is 0.102. The van der Waals surface area contributed by atoms with Gasteiger partial charge in [0.1, 0.15) is 17.0 Å². The molecule has 0 unspecified atom stereocenters. The van der Waals surface area contributed by atoms with Gasteiger partial charge in [-0.25, -0.2) is 0 Å². The van der Waals surface area contributed by atoms with Gasteiger partial charge in [-0.15, -0.1) is 0 Å². The van der Waals surface area contributed by atoms with E-state index in [-0.39, 0.29) is 5.91 Å². The van der Waals surface area contributed by atoms with Crippen molar-refractivity contribution < 1.29 is 18.8 Å². The highest BCUT2D eigenvalue weighted by atomic mass is 16.5. The number of amides is 1. The molecule has 0 atom stereocenters. The first kappa shape index (κ1) is 18.6. The van der Waals surface area contributed by atoms with Crippen molar-refractivity contribution in [2.75, 3.05) is 19.5 Å². The fourth-order valence-corrected chi connectivity index (χ4v) is 3.09. The number of hydrogen-bond donors (Lipinski definition) is 1. The molecule has 0 saturated carbocycles. The zero-order valence-corrected chi connectivity index (χ0v) is 16.4. The monoisotopic (exact) mass is 388 g/mol. The molecule has 3 aromatic carbocycles. The average molecular weight is 388 g/mol. The summed E-state index contributed by atoms with van der Waals surface area (Å²) in [5.41, 5.74) is 3.81. The van der Waals surface area contributed by atoms with Crippen LogP contribution in [0.4, 0.5) is 5.69 Å². The second kappa shape index (κ2) is 7.67. The summed E-state index contributed by atoms with van der Waals surface area (Å²) in [4.78, 5) is 12.8. The summed E-state index contributed by atoms with van der Waals surface area (Å²) in [6.07, 6.45) is 0. The normalized spacial score (nSPS) is 10.7. The summed E-state index contributed by atoms with van der Waals surface area (Å²) < 4.78 is 16.1. The number of methoxy groups -OCH3 is 2. The number of nitrogens with zero attached hydrogens (tertiary/aromatic N) is 1. The maximum Gasteiger partial charge on any atom is 0.255 e. The van der Waals surface area contributed by atoms with E-state index in [0.29, 0.717) is 34.0 Å². The molecular weight excluding hydrogens is 368 g/mol. The zero-order chi connectivity index (χ0) is 20.4. The highest BCUT2D eigenvalue weighted by Crippen LogP contribution is 2.31. The Balaban J connectivity index is 1.67. The summed E-state index contributed by atoms with van der Waals surface area (Å²) in [5.74, 6) is 1.54. The number of aromatic nitrogens is 1. The molecule has 0 spiro atoms. The third-order valence-corrected chi connectivity index (χ3v) is 4.71. The molecule has 0 fully saturated rings. The molecule has 1 aromatic heterocycles. The standard InChI is InChI=1S/C23H20N2O4/c1-14-4-6-15(7-5-14)22-18-12-16(8-10-19(18)25-29-22)23(26)24-20-11-9-17(27-2)13-21(20)28-3/h4-13H,1-3H3,(H,24,26). The van der Waals surface area contributed by atoms with Crippen LogP contribution in [0.1, 0.15) is 15.9 Å². The van der Waals surface area contributed by atoms with Gasteiger partial charge in [0.05, 0.1) is 25.3 Å². The van der Waals surface area contributed by atoms with Crippen molar-refractivity contribution >= 4 is 22.5 Å². The fraction of sp³-hybridized carbons (Fsp3) is 0.130. The highest BCUT2D eigenvalue weighted by molar-refractivity contribution is 6.08. The van der Waals surface area contributed by atoms with E-state index in [1.807, 2.05) is 31.2 Å². The van der Waals surface area contributed by atoms with Crippen LogP contribution in [0, 0.1) is 6.92 Å². The quantitative estimate of drug-likeness (QED) is 0.516. The molecule has 1 amide bonds. The Morgan fingerprint density at radius 1 is 0.966 bits per heavy atom. The second-order valence-electron chi connectivity index (χ2n) is 6.63. The topological polar surface area (TPSA) is 73.6 Å². The summed E-state index contributed by atoms with van der Waals surface area (Å²) in [5, 5.41) is 7.77. The van der Waals surface area contributed by atoms with Gasteiger partial charge in [0.25, 0.3) is 5.91 Å². The van der Waals surface area contributed by atoms with E-state index in [1.165, 1.54) is 0 Å². The molecule has 29 heavy (non-hydrogen) atoms. The van der Waals surface area contributed by atoms with Gasteiger partial charge in [0.2, 0.25) is 0 Å². The zero-order valence-electron chi connectivity index (χ0n) is 16.4. The van der Waals surface area contributed by atoms with Crippen LogP contribution in [-0.2, 0) is 0 Å². The first-order valence-corrected chi connectivity index (χ1v) is 9.09. The molecule has 0 aliphatic rings. The van der Waals surface area contributed by atoms with Crippen LogP contribution in [0.2, 0.25) is 0 Å². The van der Waals surface area contributed by atoms with Gasteiger partial charge in [-0.3, -0.25) is 4.79 Å². The average Bonchev–Trinajstić information content (AvgIpc) is 3.17. The molecule has 0 saturated heterocycles. The minimum Gasteiger partial charge on any atom is -0.497 e. The predicted octanol–water partition coefficient (Wildman–Crippen LogP) is 5.07. The lowest BCUT2D eigenvalue weighted by Gasteiger charge is -2.11. The van der Waals surface area contributed by atoms with Crippen LogP contribution in [0.3, 0.4) is 0 Å². The maximum atomic E-state index is 12.8. The summed E-state index contributed by atoms with van der Waals surface area (Å²) >= 11 is 0. The first-order valence-electron chi connectivity index (χ1n) is 9.09. The van der Waals surface area contributed by atoms with E-state index in [9.17, 15) is 4.79 Å². The molecule has 1 heterocycles. The summed E-state index contributed by atoms with van der Waals surface area (Å²) in [7, 11) is 3.12. The van der Waals surface area contributed by atoms with Crippen LogP contribution in [0.5, 0.6) is 11.5 Å². The minimum atomic E-state index is -0.258. The Labute approximate surface area is 168 Å². The molecule has 6 heteroatoms. The van der Waals surface area contributed by atoms with E-state index in [1.54, 1.807) is 50.6 Å². The van der Waals surface area contributed by atoms with Crippen LogP contribution in [0.25, 0.3) is 22.2 Å². The Morgan fingerprint density at radius 3 is 2.48 bits per heavy atom. The number of nitrogens with one attached hydrogen (secondary N) is 1. The molecule has 1 N–H and O–H groups in total. The van der Waals surface area contributed by atoms with Gasteiger partial charge in [0.15, 0.2) is 5.76 Å². The number of hydrogen-bond acceptors (Lipinski definition) is 5. The van der Waals surface area contributed by atoms with E-state index in [0.717, 1.165) is 16.5 Å². The second-order valence-corrected chi connectivity index (χ2v) is 6.63. The predicted molar refractivity (Wildman–Crippen MR) is 112 cm³/mol. The SMILES string of the molecule is COc1ccc(NC(=O)c2ccc3noc(-c4ccc(C)cc4)c3c2)c(OC)c1. The molecule has 0 bridgehead atoms. The van der Waals surface area contributed by atoms with Crippen molar-refractivity contribution in [2.24, 2.45) is 0 Å². The molecular formula is C23H20N2O4. The number of rotatable bonds is 5. The molecule has 4 rings (SSSR count). The number of anilines is 1. The third kappa shape index (κ3) is 3.65. The third-order valence-electron chi connectivity index (χ3n) is 4.71. The van der Waals surface area contributed by atoms with E-state index < -0.39 is 0 Å². The van der Waals surface area contributed by atoms with E-state index >= 15 is 0 Å². The van der Waals surface area contributed by atoms with Crippen molar-refractivity contribution in [3.63, 3.8) is 0 Å². The number of fused-ring (bicyclic) bond motifs is 1. The lowest BCUT2D eigenvalue weighted by Crippen LogP contribution is -2.12. The van der Waals surface area contributed by atoms with Gasteiger partial charge in [-0.1, -0.05) is 35.0 Å². The van der Waals surface area contributed by atoms with Crippen molar-refractivity contribution in [3.8, 4) is 22.8 Å². The Bertz CT molecular complexity index is 1180. The fourth-order valence-electron chi connectivity index (χ4n) is 3.09. The lowest BCUT2D eigenvalue weighted by atomic mass is 10.0. The first-order chi connectivity index (χ1) is 14.1. The van der Waals surface area contributed by atoms with Crippen molar-refractivity contribution in [1.82, 2.24) is 5.16 Å². The number of carbonyl (C=O) groups is 1. The Morgan fingerprint density at radius 2 is 1.76 bits per heavy atom. The van der Waals surface area contributed by atoms with Crippen LogP contribution < -0.4 is 14.8 Å². The maximum absolute atomic E-state index is 12.8. The largest absolute Gasteiger partial charge is 0.497 e. The highest BCUT2D eigenvalue weighted by Gasteiger charge is 2.15. The Kier molecular flexibility index (Phi) is 4.91. The molecule has 0 aliphatic carbocycles. The van der Waals surface area contributed by atoms with Crippen molar-refractivity contribution in [3.05, 3.63) is 71.8 Å². The van der Waals surface area contributed by atoms with Gasteiger partial charge < -0.3 is 19.3 Å². The van der Waals surface area contributed by atoms with Gasteiger partial charge >= 0.3 is 0 Å². The van der Waals surface area contributed by atoms with Gasteiger partial charge in [0, 0.05) is 17.2 Å². The smallest absolute Gasteiger partial charge is 0.255 e. The minimum absolute atomic E-state index is 0.258. The van der Waals surface area contributed by atoms with Gasteiger partial charge in [-0.2, -0.15) is 0 Å². The van der Waals surface area contributed by atoms with Crippen LogP contribution in [-0.4, -0.2) is 25.3 Å².